The minimum atomic E-state index is -0.496. The van der Waals surface area contributed by atoms with Crippen molar-refractivity contribution in [1.82, 2.24) is 14.8 Å². The van der Waals surface area contributed by atoms with Gasteiger partial charge in [-0.15, -0.1) is 0 Å². The molecule has 0 spiro atoms. The quantitative estimate of drug-likeness (QED) is 0.861. The molecular formula is C24H29N3O2. The number of hydrogen-bond acceptors (Lipinski definition) is 2. The van der Waals surface area contributed by atoms with E-state index < -0.39 is 5.54 Å². The Labute approximate surface area is 172 Å². The summed E-state index contributed by atoms with van der Waals surface area (Å²) in [4.78, 5) is 27.3. The number of carbonyl (C=O) groups is 1. The van der Waals surface area contributed by atoms with Gasteiger partial charge in [0.15, 0.2) is 0 Å². The molecule has 2 aliphatic heterocycles. The lowest BCUT2D eigenvalue weighted by atomic mass is 9.83. The van der Waals surface area contributed by atoms with Crippen molar-refractivity contribution in [1.29, 1.82) is 0 Å². The van der Waals surface area contributed by atoms with Gasteiger partial charge in [-0.2, -0.15) is 0 Å². The van der Waals surface area contributed by atoms with E-state index in [0.29, 0.717) is 25.6 Å². The molecule has 0 saturated carbocycles. The van der Waals surface area contributed by atoms with Gasteiger partial charge in [0, 0.05) is 37.3 Å². The maximum absolute atomic E-state index is 13.1. The Balaban J connectivity index is 1.52. The Morgan fingerprint density at radius 3 is 2.66 bits per heavy atom. The highest BCUT2D eigenvalue weighted by Gasteiger charge is 2.37. The van der Waals surface area contributed by atoms with E-state index in [1.165, 1.54) is 0 Å². The summed E-state index contributed by atoms with van der Waals surface area (Å²) in [6.07, 6.45) is 1.04. The summed E-state index contributed by atoms with van der Waals surface area (Å²) in [5.41, 5.74) is 3.77. The van der Waals surface area contributed by atoms with Crippen LogP contribution >= 0.6 is 0 Å². The summed E-state index contributed by atoms with van der Waals surface area (Å²) in [5, 5.41) is 3.22. The van der Waals surface area contributed by atoms with Gasteiger partial charge in [-0.05, 0) is 56.4 Å². The minimum absolute atomic E-state index is 0.0443. The zero-order valence-electron chi connectivity index (χ0n) is 17.4. The molecule has 1 fully saturated rings. The molecule has 1 saturated heterocycles. The van der Waals surface area contributed by atoms with Crippen LogP contribution in [0.4, 0.5) is 4.79 Å². The summed E-state index contributed by atoms with van der Waals surface area (Å²) < 4.78 is 1.89. The van der Waals surface area contributed by atoms with Crippen LogP contribution in [-0.2, 0) is 12.1 Å². The number of urea groups is 1. The molecule has 3 heterocycles. The number of likely N-dealkylation sites (tertiary alicyclic amines) is 1. The molecule has 2 bridgehead atoms. The van der Waals surface area contributed by atoms with Crippen LogP contribution in [0, 0.1) is 5.92 Å². The Morgan fingerprint density at radius 1 is 1.14 bits per heavy atom. The number of fused-ring (bicyclic) bond motifs is 4. The van der Waals surface area contributed by atoms with E-state index in [1.807, 2.05) is 60.6 Å². The Morgan fingerprint density at radius 2 is 1.90 bits per heavy atom. The predicted octanol–water partition coefficient (Wildman–Crippen LogP) is 3.95. The number of aromatic nitrogens is 1. The van der Waals surface area contributed by atoms with Crippen molar-refractivity contribution in [2.75, 3.05) is 13.1 Å². The fourth-order valence-corrected chi connectivity index (χ4v) is 4.65. The first-order chi connectivity index (χ1) is 13.7. The van der Waals surface area contributed by atoms with Gasteiger partial charge < -0.3 is 14.8 Å². The summed E-state index contributed by atoms with van der Waals surface area (Å²) in [5.74, 6) is 0.541. The maximum atomic E-state index is 13.1. The van der Waals surface area contributed by atoms with Crippen LogP contribution in [0.1, 0.15) is 49.9 Å². The van der Waals surface area contributed by atoms with Crippen molar-refractivity contribution in [3.8, 4) is 0 Å². The number of nitrogens with zero attached hydrogens (tertiary/aromatic N) is 2. The summed E-state index contributed by atoms with van der Waals surface area (Å²) in [6, 6.07) is 13.6. The second kappa shape index (κ2) is 7.21. The molecule has 0 unspecified atom stereocenters. The second-order valence-corrected chi connectivity index (χ2v) is 9.02. The Bertz CT molecular complexity index is 1020. The molecule has 29 heavy (non-hydrogen) atoms. The Kier molecular flexibility index (Phi) is 4.85. The molecule has 0 aliphatic carbocycles. The molecule has 2 amide bonds. The number of rotatable bonds is 3. The number of hydrogen-bond donors (Lipinski definition) is 1. The van der Waals surface area contributed by atoms with Crippen LogP contribution in [0.15, 0.2) is 53.8 Å². The van der Waals surface area contributed by atoms with E-state index in [4.69, 9.17) is 0 Å². The molecule has 4 rings (SSSR count). The van der Waals surface area contributed by atoms with Crippen LogP contribution in [-0.4, -0.2) is 28.6 Å². The van der Waals surface area contributed by atoms with Crippen molar-refractivity contribution in [3.63, 3.8) is 0 Å². The topological polar surface area (TPSA) is 54.3 Å². The normalized spacial score (nSPS) is 20.7. The van der Waals surface area contributed by atoms with Gasteiger partial charge in [0.05, 0.1) is 5.54 Å². The number of carbonyl (C=O) groups excluding carboxylic acids is 1. The molecule has 2 atom stereocenters. The maximum Gasteiger partial charge on any atom is 0.318 e. The van der Waals surface area contributed by atoms with Crippen LogP contribution in [0.3, 0.4) is 0 Å². The monoisotopic (exact) mass is 391 g/mol. The van der Waals surface area contributed by atoms with E-state index in [2.05, 4.69) is 18.0 Å². The molecule has 152 valence electrons. The second-order valence-electron chi connectivity index (χ2n) is 9.02. The van der Waals surface area contributed by atoms with Gasteiger partial charge in [0.2, 0.25) is 0 Å². The summed E-state index contributed by atoms with van der Waals surface area (Å²) >= 11 is 0. The van der Waals surface area contributed by atoms with Gasteiger partial charge in [0.25, 0.3) is 5.56 Å². The SMILES string of the molecule is C=C(C)c1cccc(C(C)(C)NC(=O)N2C[C@@H]3C[C@H](C2)c2cccc(=O)n2C3)c1. The number of benzene rings is 1. The molecule has 1 N–H and O–H groups in total. The van der Waals surface area contributed by atoms with E-state index in [1.54, 1.807) is 6.07 Å². The van der Waals surface area contributed by atoms with E-state index in [9.17, 15) is 9.59 Å². The molecule has 1 aromatic carbocycles. The van der Waals surface area contributed by atoms with E-state index in [-0.39, 0.29) is 17.5 Å². The van der Waals surface area contributed by atoms with E-state index in [0.717, 1.165) is 28.8 Å². The van der Waals surface area contributed by atoms with Crippen LogP contribution < -0.4 is 10.9 Å². The molecule has 1 aromatic heterocycles. The van der Waals surface area contributed by atoms with Gasteiger partial charge in [-0.25, -0.2) is 4.79 Å². The smallest absolute Gasteiger partial charge is 0.318 e. The summed E-state index contributed by atoms with van der Waals surface area (Å²) in [7, 11) is 0. The highest BCUT2D eigenvalue weighted by molar-refractivity contribution is 5.75. The third-order valence-corrected chi connectivity index (χ3v) is 6.26. The number of amides is 2. The fraction of sp³-hybridized carbons (Fsp3) is 0.417. The van der Waals surface area contributed by atoms with Crippen molar-refractivity contribution < 1.29 is 4.79 Å². The molecule has 0 radical (unpaired) electrons. The van der Waals surface area contributed by atoms with Crippen LogP contribution in [0.5, 0.6) is 0 Å². The van der Waals surface area contributed by atoms with Crippen LogP contribution in [0.2, 0.25) is 0 Å². The highest BCUT2D eigenvalue weighted by atomic mass is 16.2. The lowest BCUT2D eigenvalue weighted by molar-refractivity contribution is 0.125. The standard InChI is InChI=1S/C24H29N3O2/c1-16(2)18-7-5-8-20(12-18)24(3,4)25-23(29)26-13-17-11-19(15-26)21-9-6-10-22(28)27(21)14-17/h5-10,12,17,19H,1,11,13-15H2,2-4H3,(H,25,29)/t17-,19+/m0/s1. The first-order valence-electron chi connectivity index (χ1n) is 10.3. The van der Waals surface area contributed by atoms with Gasteiger partial charge in [-0.1, -0.05) is 36.4 Å². The number of allylic oxidation sites excluding steroid dienone is 1. The molecule has 5 heteroatoms. The van der Waals surface area contributed by atoms with Gasteiger partial charge in [-0.3, -0.25) is 4.79 Å². The first kappa shape index (κ1) is 19.5. The third-order valence-electron chi connectivity index (χ3n) is 6.26. The number of nitrogens with one attached hydrogen (secondary N) is 1. The van der Waals surface area contributed by atoms with Crippen molar-refractivity contribution in [2.24, 2.45) is 5.92 Å². The molecular weight excluding hydrogens is 362 g/mol. The lowest BCUT2D eigenvalue weighted by Gasteiger charge is -2.43. The number of piperidine rings is 1. The predicted molar refractivity (Wildman–Crippen MR) is 116 cm³/mol. The summed E-state index contributed by atoms with van der Waals surface area (Å²) in [6.45, 7) is 12.1. The number of pyridine rings is 1. The average molecular weight is 392 g/mol. The average Bonchev–Trinajstić information content (AvgIpc) is 2.68. The molecule has 5 nitrogen and oxygen atoms in total. The van der Waals surface area contributed by atoms with E-state index >= 15 is 0 Å². The largest absolute Gasteiger partial charge is 0.329 e. The third kappa shape index (κ3) is 3.74. The zero-order valence-corrected chi connectivity index (χ0v) is 17.4. The zero-order chi connectivity index (χ0) is 20.8. The Hall–Kier alpha value is -2.82. The minimum Gasteiger partial charge on any atom is -0.329 e. The lowest BCUT2D eigenvalue weighted by Crippen LogP contribution is -2.54. The van der Waals surface area contributed by atoms with Gasteiger partial charge >= 0.3 is 6.03 Å². The van der Waals surface area contributed by atoms with Crippen LogP contribution in [0.25, 0.3) is 5.57 Å². The first-order valence-corrected chi connectivity index (χ1v) is 10.3. The highest BCUT2D eigenvalue weighted by Crippen LogP contribution is 2.35. The fourth-order valence-electron chi connectivity index (χ4n) is 4.65. The van der Waals surface area contributed by atoms with Crippen molar-refractivity contribution in [3.05, 3.63) is 76.2 Å². The van der Waals surface area contributed by atoms with Gasteiger partial charge in [0.1, 0.15) is 0 Å². The molecule has 2 aromatic rings. The van der Waals surface area contributed by atoms with Crippen molar-refractivity contribution in [2.45, 2.75) is 45.2 Å². The molecule has 2 aliphatic rings. The van der Waals surface area contributed by atoms with Crippen molar-refractivity contribution >= 4 is 11.6 Å².